The quantitative estimate of drug-likeness (QED) is 0.584. The SMILES string of the molecule is CCOC(=O)N1CCC(NC(=NC)NCCc2nc(CC)c(C)s2)CC1. The highest BCUT2D eigenvalue weighted by molar-refractivity contribution is 7.11. The van der Waals surface area contributed by atoms with Gasteiger partial charge in [0.2, 0.25) is 0 Å². The van der Waals surface area contributed by atoms with Crippen molar-refractivity contribution in [2.75, 3.05) is 33.3 Å². The van der Waals surface area contributed by atoms with Crippen LogP contribution in [-0.4, -0.2) is 61.3 Å². The maximum absolute atomic E-state index is 11.7. The number of hydrogen-bond acceptors (Lipinski definition) is 5. The minimum absolute atomic E-state index is 0.210. The Kier molecular flexibility index (Phi) is 8.15. The van der Waals surface area contributed by atoms with E-state index in [2.05, 4.69) is 34.5 Å². The first kappa shape index (κ1) is 20.5. The fourth-order valence-corrected chi connectivity index (χ4v) is 4.04. The third kappa shape index (κ3) is 5.86. The Morgan fingerprint density at radius 3 is 2.69 bits per heavy atom. The lowest BCUT2D eigenvalue weighted by Gasteiger charge is -2.32. The summed E-state index contributed by atoms with van der Waals surface area (Å²) < 4.78 is 5.06. The number of nitrogens with zero attached hydrogens (tertiary/aromatic N) is 3. The number of carbonyl (C=O) groups is 1. The minimum atomic E-state index is -0.210. The molecule has 1 aliphatic rings. The highest BCUT2D eigenvalue weighted by Crippen LogP contribution is 2.18. The molecule has 0 aliphatic carbocycles. The van der Waals surface area contributed by atoms with E-state index in [1.807, 2.05) is 6.92 Å². The van der Waals surface area contributed by atoms with Gasteiger partial charge in [-0.2, -0.15) is 0 Å². The Hall–Kier alpha value is -1.83. The molecule has 7 nitrogen and oxygen atoms in total. The van der Waals surface area contributed by atoms with Crippen molar-refractivity contribution in [1.82, 2.24) is 20.5 Å². The Bertz CT molecular complexity index is 609. The van der Waals surface area contributed by atoms with E-state index >= 15 is 0 Å². The molecule has 0 atom stereocenters. The number of amides is 1. The van der Waals surface area contributed by atoms with Gasteiger partial charge in [-0.15, -0.1) is 11.3 Å². The molecule has 26 heavy (non-hydrogen) atoms. The molecule has 0 unspecified atom stereocenters. The number of aromatic nitrogens is 1. The number of guanidine groups is 1. The molecule has 0 saturated carbocycles. The van der Waals surface area contributed by atoms with Gasteiger partial charge in [-0.1, -0.05) is 6.92 Å². The van der Waals surface area contributed by atoms with Gasteiger partial charge in [-0.3, -0.25) is 4.99 Å². The van der Waals surface area contributed by atoms with Gasteiger partial charge in [0, 0.05) is 44.0 Å². The summed E-state index contributed by atoms with van der Waals surface area (Å²) >= 11 is 1.78. The lowest BCUT2D eigenvalue weighted by Crippen LogP contribution is -2.50. The van der Waals surface area contributed by atoms with E-state index in [-0.39, 0.29) is 6.09 Å². The van der Waals surface area contributed by atoms with Crippen LogP contribution in [0.25, 0.3) is 0 Å². The Morgan fingerprint density at radius 1 is 1.38 bits per heavy atom. The van der Waals surface area contributed by atoms with Crippen molar-refractivity contribution in [2.24, 2.45) is 4.99 Å². The lowest BCUT2D eigenvalue weighted by atomic mass is 10.1. The molecule has 146 valence electrons. The van der Waals surface area contributed by atoms with Gasteiger partial charge in [0.1, 0.15) is 0 Å². The predicted molar refractivity (Wildman–Crippen MR) is 106 cm³/mol. The first-order valence-corrected chi connectivity index (χ1v) is 10.2. The van der Waals surface area contributed by atoms with E-state index in [0.29, 0.717) is 25.7 Å². The van der Waals surface area contributed by atoms with Crippen LogP contribution >= 0.6 is 11.3 Å². The van der Waals surface area contributed by atoms with Gasteiger partial charge in [0.15, 0.2) is 5.96 Å². The van der Waals surface area contributed by atoms with Crippen molar-refractivity contribution in [3.63, 3.8) is 0 Å². The van der Waals surface area contributed by atoms with Crippen molar-refractivity contribution in [2.45, 2.75) is 52.5 Å². The summed E-state index contributed by atoms with van der Waals surface area (Å²) in [5, 5.41) is 7.99. The van der Waals surface area contributed by atoms with Crippen LogP contribution in [0.2, 0.25) is 0 Å². The summed E-state index contributed by atoms with van der Waals surface area (Å²) in [6, 6.07) is 0.320. The molecular formula is C18H31N5O2S. The molecule has 2 N–H and O–H groups in total. The molecule has 1 fully saturated rings. The predicted octanol–water partition coefficient (Wildman–Crippen LogP) is 2.34. The monoisotopic (exact) mass is 381 g/mol. The van der Waals surface area contributed by atoms with E-state index in [0.717, 1.165) is 38.2 Å². The molecule has 1 aliphatic heterocycles. The zero-order valence-electron chi connectivity index (χ0n) is 16.3. The zero-order valence-corrected chi connectivity index (χ0v) is 17.1. The molecule has 1 aromatic heterocycles. The fraction of sp³-hybridized carbons (Fsp3) is 0.722. The van der Waals surface area contributed by atoms with Gasteiger partial charge in [0.05, 0.1) is 17.3 Å². The van der Waals surface area contributed by atoms with Crippen molar-refractivity contribution in [3.8, 4) is 0 Å². The highest BCUT2D eigenvalue weighted by Gasteiger charge is 2.24. The second-order valence-electron chi connectivity index (χ2n) is 6.32. The van der Waals surface area contributed by atoms with Gasteiger partial charge in [0.25, 0.3) is 0 Å². The molecular weight excluding hydrogens is 350 g/mol. The molecule has 0 spiro atoms. The number of aryl methyl sites for hydroxylation is 2. The number of carbonyl (C=O) groups excluding carboxylic acids is 1. The van der Waals surface area contributed by atoms with Crippen LogP contribution in [-0.2, 0) is 17.6 Å². The topological polar surface area (TPSA) is 78.8 Å². The number of aliphatic imine (C=N–C) groups is 1. The summed E-state index contributed by atoms with van der Waals surface area (Å²) in [7, 11) is 1.78. The summed E-state index contributed by atoms with van der Waals surface area (Å²) in [6.45, 7) is 8.76. The second-order valence-corrected chi connectivity index (χ2v) is 7.61. The van der Waals surface area contributed by atoms with Crippen LogP contribution in [0.5, 0.6) is 0 Å². The van der Waals surface area contributed by atoms with Crippen LogP contribution in [0.3, 0.4) is 0 Å². The standard InChI is InChI=1S/C18H31N5O2S/c1-5-15-13(3)26-16(22-15)7-10-20-17(19-4)21-14-8-11-23(12-9-14)18(24)25-6-2/h14H,5-12H2,1-4H3,(H2,19,20,21). The average molecular weight is 382 g/mol. The smallest absolute Gasteiger partial charge is 0.409 e. The van der Waals surface area contributed by atoms with Gasteiger partial charge < -0.3 is 20.3 Å². The Labute approximate surface area is 160 Å². The van der Waals surface area contributed by atoms with Gasteiger partial charge >= 0.3 is 6.09 Å². The van der Waals surface area contributed by atoms with Crippen molar-refractivity contribution >= 4 is 23.4 Å². The number of ether oxygens (including phenoxy) is 1. The summed E-state index contributed by atoms with van der Waals surface area (Å²) in [5.41, 5.74) is 1.21. The van der Waals surface area contributed by atoms with Crippen LogP contribution < -0.4 is 10.6 Å². The average Bonchev–Trinajstić information content (AvgIpc) is 3.01. The Morgan fingerprint density at radius 2 is 2.12 bits per heavy atom. The molecule has 2 rings (SSSR count). The highest BCUT2D eigenvalue weighted by atomic mass is 32.1. The minimum Gasteiger partial charge on any atom is -0.450 e. The molecule has 0 bridgehead atoms. The second kappa shape index (κ2) is 10.4. The number of piperidine rings is 1. The van der Waals surface area contributed by atoms with E-state index in [1.165, 1.54) is 15.6 Å². The number of rotatable bonds is 6. The van der Waals surface area contributed by atoms with Crippen LogP contribution in [0.1, 0.15) is 42.3 Å². The number of nitrogens with one attached hydrogen (secondary N) is 2. The molecule has 1 amide bonds. The summed E-state index contributed by atoms with van der Waals surface area (Å²) in [4.78, 5) is 23.8. The first-order valence-electron chi connectivity index (χ1n) is 9.41. The van der Waals surface area contributed by atoms with Crippen LogP contribution in [0.15, 0.2) is 4.99 Å². The molecule has 1 aromatic rings. The number of thiazole rings is 1. The van der Waals surface area contributed by atoms with Gasteiger partial charge in [-0.25, -0.2) is 9.78 Å². The molecule has 0 aromatic carbocycles. The number of likely N-dealkylation sites (tertiary alicyclic amines) is 1. The summed E-state index contributed by atoms with van der Waals surface area (Å²) in [5.74, 6) is 0.809. The number of hydrogen-bond donors (Lipinski definition) is 2. The molecule has 0 radical (unpaired) electrons. The van der Waals surface area contributed by atoms with E-state index in [9.17, 15) is 4.79 Å². The van der Waals surface area contributed by atoms with E-state index in [4.69, 9.17) is 4.74 Å². The van der Waals surface area contributed by atoms with E-state index < -0.39 is 0 Å². The van der Waals surface area contributed by atoms with Gasteiger partial charge in [-0.05, 0) is 33.1 Å². The lowest BCUT2D eigenvalue weighted by molar-refractivity contribution is 0.0963. The molecule has 2 heterocycles. The third-order valence-electron chi connectivity index (χ3n) is 4.49. The Balaban J connectivity index is 1.72. The zero-order chi connectivity index (χ0) is 18.9. The van der Waals surface area contributed by atoms with Crippen molar-refractivity contribution in [1.29, 1.82) is 0 Å². The van der Waals surface area contributed by atoms with Crippen LogP contribution in [0, 0.1) is 6.92 Å². The van der Waals surface area contributed by atoms with Crippen molar-refractivity contribution in [3.05, 3.63) is 15.6 Å². The third-order valence-corrected chi connectivity index (χ3v) is 5.56. The summed E-state index contributed by atoms with van der Waals surface area (Å²) in [6.07, 6.45) is 3.46. The maximum Gasteiger partial charge on any atom is 0.409 e. The normalized spacial score (nSPS) is 15.8. The fourth-order valence-electron chi connectivity index (χ4n) is 3.02. The van der Waals surface area contributed by atoms with Crippen molar-refractivity contribution < 1.29 is 9.53 Å². The van der Waals surface area contributed by atoms with Crippen LogP contribution in [0.4, 0.5) is 4.79 Å². The van der Waals surface area contributed by atoms with E-state index in [1.54, 1.807) is 23.3 Å². The molecule has 1 saturated heterocycles. The molecule has 8 heteroatoms. The largest absolute Gasteiger partial charge is 0.450 e. The first-order chi connectivity index (χ1) is 12.6. The maximum atomic E-state index is 11.7.